The Morgan fingerprint density at radius 3 is 2.87 bits per heavy atom. The van der Waals surface area contributed by atoms with Crippen LogP contribution in [0.1, 0.15) is 39.4 Å². The number of halogens is 3. The maximum absolute atomic E-state index is 13.8. The number of hydrogen-bond acceptors (Lipinski definition) is 6. The smallest absolute Gasteiger partial charge is 0.410 e. The number of nitrogens with zero attached hydrogens (tertiary/aromatic N) is 2. The van der Waals surface area contributed by atoms with Crippen molar-refractivity contribution in [2.75, 3.05) is 12.1 Å². The van der Waals surface area contributed by atoms with Crippen molar-refractivity contribution in [3.63, 3.8) is 0 Å². The Bertz CT molecular complexity index is 1110. The molecule has 11 heteroatoms. The van der Waals surface area contributed by atoms with Crippen LogP contribution >= 0.6 is 11.3 Å². The molecule has 0 bridgehead atoms. The molecule has 7 nitrogen and oxygen atoms in total. The van der Waals surface area contributed by atoms with E-state index in [1.54, 1.807) is 18.2 Å². The summed E-state index contributed by atoms with van der Waals surface area (Å²) < 4.78 is 53.0. The van der Waals surface area contributed by atoms with Gasteiger partial charge in [-0.2, -0.15) is 18.3 Å². The topological polar surface area (TPSA) is 77.4 Å². The summed E-state index contributed by atoms with van der Waals surface area (Å²) >= 11 is 1.48. The Morgan fingerprint density at radius 2 is 2.10 bits per heavy atom. The molecule has 2 aromatic heterocycles. The van der Waals surface area contributed by atoms with Crippen molar-refractivity contribution in [1.29, 1.82) is 0 Å². The third-order valence-corrected chi connectivity index (χ3v) is 6.10. The first-order valence-electron chi connectivity index (χ1n) is 9.51. The number of carbonyl (C=O) groups is 1. The van der Waals surface area contributed by atoms with E-state index in [-0.39, 0.29) is 31.3 Å². The van der Waals surface area contributed by atoms with Gasteiger partial charge in [-0.05, 0) is 29.1 Å². The molecular weight excluding hydrogens is 433 g/mol. The van der Waals surface area contributed by atoms with Gasteiger partial charge >= 0.3 is 6.18 Å². The van der Waals surface area contributed by atoms with Crippen LogP contribution in [-0.4, -0.2) is 28.7 Å². The number of carbonyl (C=O) groups excluding carboxylic acids is 1. The molecule has 0 radical (unpaired) electrons. The van der Waals surface area contributed by atoms with E-state index in [9.17, 15) is 18.0 Å². The van der Waals surface area contributed by atoms with Crippen LogP contribution in [0.5, 0.6) is 11.5 Å². The Labute approximate surface area is 178 Å². The monoisotopic (exact) mass is 450 g/mol. The minimum Gasteiger partial charge on any atom is -0.454 e. The van der Waals surface area contributed by atoms with Crippen LogP contribution in [0.15, 0.2) is 41.8 Å². The number of aromatic nitrogens is 2. The summed E-state index contributed by atoms with van der Waals surface area (Å²) in [5.41, 5.74) is 0.564. The molecule has 2 aliphatic heterocycles. The standard InChI is InChI=1S/C20H17F3N4O3S/c21-20(22,23)17-7-13(11-3-4-15-16(6-11)30-10-29-15)25-18-8-14(26-27(17)18)19(28)24-9-12-2-1-5-31-12/h1-6,8,13,17,25H,7,9-10H2,(H,24,28)/t13-,17-/m0/s1. The summed E-state index contributed by atoms with van der Waals surface area (Å²) in [5, 5.41) is 11.6. The van der Waals surface area contributed by atoms with Crippen LogP contribution in [0.2, 0.25) is 0 Å². The highest BCUT2D eigenvalue weighted by Crippen LogP contribution is 2.45. The van der Waals surface area contributed by atoms with Crippen molar-refractivity contribution in [1.82, 2.24) is 15.1 Å². The normalized spacial score (nSPS) is 19.6. The average molecular weight is 450 g/mol. The molecule has 2 atom stereocenters. The summed E-state index contributed by atoms with van der Waals surface area (Å²) in [7, 11) is 0. The van der Waals surface area contributed by atoms with Gasteiger partial charge in [-0.25, -0.2) is 4.68 Å². The zero-order valence-electron chi connectivity index (χ0n) is 16.0. The van der Waals surface area contributed by atoms with Gasteiger partial charge in [0.1, 0.15) is 5.82 Å². The Morgan fingerprint density at radius 1 is 1.26 bits per heavy atom. The number of anilines is 1. The van der Waals surface area contributed by atoms with E-state index in [4.69, 9.17) is 9.47 Å². The number of hydrogen-bond donors (Lipinski definition) is 2. The first-order chi connectivity index (χ1) is 14.9. The van der Waals surface area contributed by atoms with E-state index in [1.807, 2.05) is 17.5 Å². The van der Waals surface area contributed by atoms with Crippen molar-refractivity contribution in [3.8, 4) is 11.5 Å². The molecule has 2 aliphatic rings. The van der Waals surface area contributed by atoms with Gasteiger partial charge in [-0.15, -0.1) is 11.3 Å². The summed E-state index contributed by atoms with van der Waals surface area (Å²) in [4.78, 5) is 13.4. The van der Waals surface area contributed by atoms with Crippen LogP contribution < -0.4 is 20.1 Å². The molecule has 2 N–H and O–H groups in total. The fourth-order valence-electron chi connectivity index (χ4n) is 3.70. The van der Waals surface area contributed by atoms with Crippen molar-refractivity contribution in [3.05, 3.63) is 57.9 Å². The number of nitrogens with one attached hydrogen (secondary N) is 2. The van der Waals surface area contributed by atoms with E-state index < -0.39 is 24.2 Å². The second kappa shape index (κ2) is 7.49. The van der Waals surface area contributed by atoms with Crippen LogP contribution in [0, 0.1) is 0 Å². The highest BCUT2D eigenvalue weighted by molar-refractivity contribution is 7.09. The first kappa shape index (κ1) is 19.7. The molecule has 3 aromatic rings. The van der Waals surface area contributed by atoms with Crippen LogP contribution in [0.3, 0.4) is 0 Å². The second-order valence-corrected chi connectivity index (χ2v) is 8.26. The average Bonchev–Trinajstić information content (AvgIpc) is 3.50. The van der Waals surface area contributed by atoms with Gasteiger partial charge in [0, 0.05) is 17.4 Å². The number of benzene rings is 1. The van der Waals surface area contributed by atoms with Crippen molar-refractivity contribution in [2.24, 2.45) is 0 Å². The third kappa shape index (κ3) is 3.80. The number of thiophene rings is 1. The number of ether oxygens (including phenoxy) is 2. The summed E-state index contributed by atoms with van der Waals surface area (Å²) in [6.07, 6.45) is -4.80. The lowest BCUT2D eigenvalue weighted by molar-refractivity contribution is -0.173. The number of rotatable bonds is 4. The van der Waals surface area contributed by atoms with E-state index in [0.29, 0.717) is 17.1 Å². The number of amides is 1. The van der Waals surface area contributed by atoms with Gasteiger partial charge in [0.25, 0.3) is 5.91 Å². The minimum atomic E-state index is -4.53. The highest BCUT2D eigenvalue weighted by atomic mass is 32.1. The largest absolute Gasteiger partial charge is 0.454 e. The first-order valence-corrected chi connectivity index (χ1v) is 10.4. The van der Waals surface area contributed by atoms with E-state index >= 15 is 0 Å². The lowest BCUT2D eigenvalue weighted by atomic mass is 9.96. The molecule has 162 valence electrons. The van der Waals surface area contributed by atoms with E-state index in [2.05, 4.69) is 15.7 Å². The summed E-state index contributed by atoms with van der Waals surface area (Å²) in [6.45, 7) is 0.368. The fourth-order valence-corrected chi connectivity index (χ4v) is 4.35. The number of fused-ring (bicyclic) bond motifs is 2. The molecule has 5 rings (SSSR count). The molecule has 31 heavy (non-hydrogen) atoms. The Balaban J connectivity index is 1.41. The maximum Gasteiger partial charge on any atom is 0.410 e. The molecule has 4 heterocycles. The van der Waals surface area contributed by atoms with Crippen LogP contribution in [-0.2, 0) is 6.54 Å². The molecule has 1 amide bonds. The van der Waals surface area contributed by atoms with Crippen molar-refractivity contribution >= 4 is 23.1 Å². The molecule has 1 aromatic carbocycles. The highest BCUT2D eigenvalue weighted by Gasteiger charge is 2.47. The predicted octanol–water partition coefficient (Wildman–Crippen LogP) is 4.26. The van der Waals surface area contributed by atoms with Gasteiger partial charge < -0.3 is 20.1 Å². The minimum absolute atomic E-state index is 0.0698. The van der Waals surface area contributed by atoms with E-state index in [0.717, 1.165) is 9.56 Å². The molecule has 0 spiro atoms. The molecule has 0 saturated carbocycles. The second-order valence-electron chi connectivity index (χ2n) is 7.22. The van der Waals surface area contributed by atoms with Crippen molar-refractivity contribution in [2.45, 2.75) is 31.2 Å². The van der Waals surface area contributed by atoms with Gasteiger partial charge in [-0.1, -0.05) is 12.1 Å². The molecule has 0 aliphatic carbocycles. The lowest BCUT2D eigenvalue weighted by Crippen LogP contribution is -2.35. The predicted molar refractivity (Wildman–Crippen MR) is 106 cm³/mol. The quantitative estimate of drug-likeness (QED) is 0.621. The van der Waals surface area contributed by atoms with Crippen LogP contribution in [0.25, 0.3) is 0 Å². The SMILES string of the molecule is O=C(NCc1cccs1)c1cc2n(n1)[C@H](C(F)(F)F)C[C@@H](c1ccc3c(c1)OCO3)N2. The third-order valence-electron chi connectivity index (χ3n) is 5.22. The van der Waals surface area contributed by atoms with Gasteiger partial charge in [-0.3, -0.25) is 4.79 Å². The zero-order chi connectivity index (χ0) is 21.6. The van der Waals surface area contributed by atoms with Gasteiger partial charge in [0.2, 0.25) is 6.79 Å². The summed E-state index contributed by atoms with van der Waals surface area (Å²) in [6, 6.07) is 7.63. The van der Waals surface area contributed by atoms with E-state index in [1.165, 1.54) is 17.4 Å². The molecule has 0 unspecified atom stereocenters. The Hall–Kier alpha value is -3.21. The van der Waals surface area contributed by atoms with Gasteiger partial charge in [0.05, 0.1) is 12.6 Å². The van der Waals surface area contributed by atoms with Gasteiger partial charge in [0.15, 0.2) is 23.2 Å². The van der Waals surface area contributed by atoms with Crippen LogP contribution in [0.4, 0.5) is 19.0 Å². The fraction of sp³-hybridized carbons (Fsp3) is 0.300. The Kier molecular flexibility index (Phi) is 4.77. The molecule has 0 saturated heterocycles. The maximum atomic E-state index is 13.8. The molecular formula is C20H17F3N4O3S. The van der Waals surface area contributed by atoms with Crippen molar-refractivity contribution < 1.29 is 27.4 Å². The zero-order valence-corrected chi connectivity index (χ0v) is 16.8. The molecule has 0 fully saturated rings. The number of alkyl halides is 3. The summed E-state index contributed by atoms with van der Waals surface area (Å²) in [5.74, 6) is 0.660. The lowest BCUT2D eigenvalue weighted by Gasteiger charge is -2.33.